The van der Waals surface area contributed by atoms with Gasteiger partial charge in [0.1, 0.15) is 0 Å². The van der Waals surface area contributed by atoms with E-state index in [0.717, 1.165) is 27.6 Å². The second-order valence-corrected chi connectivity index (χ2v) is 5.46. The largest absolute Gasteiger partial charge is 0.0998 e. The molecule has 0 fully saturated rings. The Morgan fingerprint density at radius 2 is 1.74 bits per heavy atom. The number of hydrogen-bond acceptors (Lipinski definition) is 0. The molecular formula is C18H15Br. The lowest BCUT2D eigenvalue weighted by Gasteiger charge is -2.03. The van der Waals surface area contributed by atoms with Crippen LogP contribution in [0.5, 0.6) is 0 Å². The van der Waals surface area contributed by atoms with Crippen molar-refractivity contribution in [2.45, 2.75) is 13.3 Å². The van der Waals surface area contributed by atoms with Crippen LogP contribution in [0.1, 0.15) is 23.6 Å². The van der Waals surface area contributed by atoms with E-state index in [1.165, 1.54) is 5.56 Å². The van der Waals surface area contributed by atoms with E-state index in [2.05, 4.69) is 46.5 Å². The Morgan fingerprint density at radius 1 is 1.05 bits per heavy atom. The summed E-state index contributed by atoms with van der Waals surface area (Å²) < 4.78 is 1.07. The maximum Gasteiger partial charge on any atom is 0.0284 e. The Hall–Kier alpha value is -1.78. The van der Waals surface area contributed by atoms with Crippen molar-refractivity contribution in [2.24, 2.45) is 0 Å². The van der Waals surface area contributed by atoms with Crippen LogP contribution < -0.4 is 0 Å². The zero-order valence-electron chi connectivity index (χ0n) is 10.9. The molecule has 0 N–H and O–H groups in total. The van der Waals surface area contributed by atoms with Crippen molar-refractivity contribution >= 4 is 15.9 Å². The lowest BCUT2D eigenvalue weighted by Crippen LogP contribution is -1.90. The van der Waals surface area contributed by atoms with Gasteiger partial charge in [-0.25, -0.2) is 0 Å². The smallest absolute Gasteiger partial charge is 0.0284 e. The Balaban J connectivity index is 2.29. The molecule has 94 valence electrons. The van der Waals surface area contributed by atoms with Crippen LogP contribution in [0, 0.1) is 11.8 Å². The molecule has 0 amide bonds. The van der Waals surface area contributed by atoms with E-state index >= 15 is 0 Å². The zero-order valence-corrected chi connectivity index (χ0v) is 12.5. The molecule has 0 unspecified atom stereocenters. The molecule has 0 saturated heterocycles. The van der Waals surface area contributed by atoms with E-state index in [1.54, 1.807) is 0 Å². The fraction of sp³-hybridized carbons (Fsp3) is 0.111. The number of rotatable bonds is 2. The van der Waals surface area contributed by atoms with E-state index in [1.807, 2.05) is 43.3 Å². The topological polar surface area (TPSA) is 0 Å². The summed E-state index contributed by atoms with van der Waals surface area (Å²) in [5.74, 6) is 6.45. The first-order valence-electron chi connectivity index (χ1n) is 6.15. The molecule has 0 aromatic heterocycles. The van der Waals surface area contributed by atoms with Crippen LogP contribution in [0.15, 0.2) is 65.2 Å². The molecule has 0 aliphatic rings. The lowest BCUT2D eigenvalue weighted by molar-refractivity contribution is 1.15. The molecule has 0 saturated carbocycles. The van der Waals surface area contributed by atoms with Gasteiger partial charge in [-0.1, -0.05) is 58.1 Å². The summed E-state index contributed by atoms with van der Waals surface area (Å²) in [5, 5.41) is 0. The molecule has 0 aliphatic heterocycles. The van der Waals surface area contributed by atoms with Crippen LogP contribution in [0.25, 0.3) is 0 Å². The molecule has 0 spiro atoms. The fourth-order valence-corrected chi connectivity index (χ4v) is 2.06. The van der Waals surface area contributed by atoms with Crippen molar-refractivity contribution in [1.29, 1.82) is 0 Å². The Kier molecular flexibility index (Phi) is 4.60. The summed E-state index contributed by atoms with van der Waals surface area (Å²) in [5.41, 5.74) is 4.49. The van der Waals surface area contributed by atoms with Crippen LogP contribution >= 0.6 is 15.9 Å². The first kappa shape index (κ1) is 13.6. The quantitative estimate of drug-likeness (QED) is 0.543. The van der Waals surface area contributed by atoms with Gasteiger partial charge in [0.2, 0.25) is 0 Å². The molecule has 2 aromatic rings. The maximum atomic E-state index is 3.97. The van der Waals surface area contributed by atoms with E-state index in [9.17, 15) is 0 Å². The average molecular weight is 311 g/mol. The van der Waals surface area contributed by atoms with E-state index in [-0.39, 0.29) is 0 Å². The van der Waals surface area contributed by atoms with Gasteiger partial charge in [0, 0.05) is 15.6 Å². The molecular weight excluding hydrogens is 296 g/mol. The summed E-state index contributed by atoms with van der Waals surface area (Å²) in [6.45, 7) is 6.01. The van der Waals surface area contributed by atoms with Gasteiger partial charge < -0.3 is 0 Å². The normalized spacial score (nSPS) is 9.58. The highest BCUT2D eigenvalue weighted by atomic mass is 79.9. The van der Waals surface area contributed by atoms with Gasteiger partial charge in [0.05, 0.1) is 0 Å². The minimum atomic E-state index is 0.880. The Labute approximate surface area is 123 Å². The second kappa shape index (κ2) is 6.41. The first-order valence-corrected chi connectivity index (χ1v) is 6.94. The molecule has 0 atom stereocenters. The second-order valence-electron chi connectivity index (χ2n) is 4.55. The van der Waals surface area contributed by atoms with Crippen molar-refractivity contribution in [2.75, 3.05) is 0 Å². The minimum Gasteiger partial charge on any atom is -0.0998 e. The first-order chi connectivity index (χ1) is 9.15. The van der Waals surface area contributed by atoms with Gasteiger partial charge in [-0.15, -0.1) is 0 Å². The summed E-state index contributed by atoms with van der Waals surface area (Å²) >= 11 is 3.42. The highest BCUT2D eigenvalue weighted by molar-refractivity contribution is 9.10. The Bertz CT molecular complexity index is 639. The van der Waals surface area contributed by atoms with E-state index in [4.69, 9.17) is 0 Å². The highest BCUT2D eigenvalue weighted by Gasteiger charge is 1.98. The van der Waals surface area contributed by atoms with Gasteiger partial charge >= 0.3 is 0 Å². The van der Waals surface area contributed by atoms with Gasteiger partial charge in [-0.3, -0.25) is 0 Å². The zero-order chi connectivity index (χ0) is 13.7. The van der Waals surface area contributed by atoms with Crippen LogP contribution in [-0.2, 0) is 6.42 Å². The van der Waals surface area contributed by atoms with Crippen LogP contribution in [0.2, 0.25) is 0 Å². The fourth-order valence-electron chi connectivity index (χ4n) is 1.79. The summed E-state index contributed by atoms with van der Waals surface area (Å²) in [6.07, 6.45) is 0.880. The summed E-state index contributed by atoms with van der Waals surface area (Å²) in [6, 6.07) is 16.3. The van der Waals surface area contributed by atoms with Gasteiger partial charge in [0.25, 0.3) is 0 Å². The predicted molar refractivity (Wildman–Crippen MR) is 85.1 cm³/mol. The molecule has 0 aliphatic carbocycles. The molecule has 0 bridgehead atoms. The third kappa shape index (κ3) is 4.12. The molecule has 2 rings (SSSR count). The molecule has 2 aromatic carbocycles. The van der Waals surface area contributed by atoms with Crippen LogP contribution in [0.3, 0.4) is 0 Å². The minimum absolute atomic E-state index is 0.880. The monoisotopic (exact) mass is 310 g/mol. The molecule has 0 nitrogen and oxygen atoms in total. The highest BCUT2D eigenvalue weighted by Crippen LogP contribution is 2.13. The third-order valence-corrected chi connectivity index (χ3v) is 3.22. The number of allylic oxidation sites excluding steroid dienone is 1. The lowest BCUT2D eigenvalue weighted by atomic mass is 10.0. The van der Waals surface area contributed by atoms with E-state index in [0.29, 0.717) is 0 Å². The number of benzene rings is 2. The standard InChI is InChI=1S/C18H15Br/c1-14(2)13-17-6-4-3-5-16(17)10-7-15-8-11-18(19)12-9-15/h3-6,8-9,11-12H,1,13H2,2H3. The maximum absolute atomic E-state index is 3.97. The third-order valence-electron chi connectivity index (χ3n) is 2.70. The SMILES string of the molecule is C=C(C)Cc1ccccc1C#Cc1ccc(Br)cc1. The molecule has 0 radical (unpaired) electrons. The van der Waals surface area contributed by atoms with Crippen molar-refractivity contribution < 1.29 is 0 Å². The van der Waals surface area contributed by atoms with Crippen molar-refractivity contribution in [3.05, 3.63) is 81.8 Å². The average Bonchev–Trinajstić information content (AvgIpc) is 2.39. The van der Waals surface area contributed by atoms with Crippen molar-refractivity contribution in [3.63, 3.8) is 0 Å². The van der Waals surface area contributed by atoms with Gasteiger partial charge in [-0.05, 0) is 49.2 Å². The van der Waals surface area contributed by atoms with Crippen molar-refractivity contribution in [1.82, 2.24) is 0 Å². The number of hydrogen-bond donors (Lipinski definition) is 0. The van der Waals surface area contributed by atoms with Gasteiger partial charge in [0.15, 0.2) is 0 Å². The molecule has 0 heterocycles. The Morgan fingerprint density at radius 3 is 2.42 bits per heavy atom. The van der Waals surface area contributed by atoms with Crippen molar-refractivity contribution in [3.8, 4) is 11.8 Å². The predicted octanol–water partition coefficient (Wildman–Crippen LogP) is 4.97. The number of halogens is 1. The summed E-state index contributed by atoms with van der Waals surface area (Å²) in [7, 11) is 0. The summed E-state index contributed by atoms with van der Waals surface area (Å²) in [4.78, 5) is 0. The van der Waals surface area contributed by atoms with Gasteiger partial charge in [-0.2, -0.15) is 0 Å². The van der Waals surface area contributed by atoms with Crippen LogP contribution in [-0.4, -0.2) is 0 Å². The van der Waals surface area contributed by atoms with Crippen LogP contribution in [0.4, 0.5) is 0 Å². The van der Waals surface area contributed by atoms with E-state index < -0.39 is 0 Å². The molecule has 1 heteroatoms. The molecule has 19 heavy (non-hydrogen) atoms.